The Labute approximate surface area is 172 Å². The van der Waals surface area contributed by atoms with E-state index in [-0.39, 0.29) is 11.0 Å². The van der Waals surface area contributed by atoms with Gasteiger partial charge in [-0.2, -0.15) is 0 Å². The maximum atomic E-state index is 12.4. The van der Waals surface area contributed by atoms with Gasteiger partial charge in [0.2, 0.25) is 0 Å². The molecule has 0 fully saturated rings. The van der Waals surface area contributed by atoms with Crippen LogP contribution in [-0.4, -0.2) is 38.0 Å². The number of thiocarbonyl (C=S) groups is 1. The largest absolute Gasteiger partial charge is 0.496 e. The highest BCUT2D eigenvalue weighted by Gasteiger charge is 2.12. The Morgan fingerprint density at radius 3 is 2.63 bits per heavy atom. The number of carbonyl (C=O) groups is 1. The topological polar surface area (TPSA) is 68.8 Å². The summed E-state index contributed by atoms with van der Waals surface area (Å²) in [5.41, 5.74) is 1.11. The van der Waals surface area contributed by atoms with Crippen molar-refractivity contribution >= 4 is 44.9 Å². The Kier molecular flexibility index (Phi) is 8.50. The lowest BCUT2D eigenvalue weighted by Crippen LogP contribution is -2.34. The average Bonchev–Trinajstić information content (AvgIpc) is 2.66. The third-order valence-corrected chi connectivity index (χ3v) is 4.29. The van der Waals surface area contributed by atoms with Gasteiger partial charge in [-0.25, -0.2) is 0 Å². The minimum absolute atomic E-state index is 0.174. The Morgan fingerprint density at radius 1 is 1.15 bits per heavy atom. The van der Waals surface area contributed by atoms with Crippen LogP contribution in [0.25, 0.3) is 0 Å². The van der Waals surface area contributed by atoms with Crippen molar-refractivity contribution in [2.24, 2.45) is 0 Å². The molecule has 8 heteroatoms. The predicted octanol–water partition coefficient (Wildman–Crippen LogP) is 4.00. The van der Waals surface area contributed by atoms with Crippen LogP contribution < -0.4 is 20.1 Å². The number of amides is 1. The van der Waals surface area contributed by atoms with Gasteiger partial charge in [-0.3, -0.25) is 10.1 Å². The molecule has 0 atom stereocenters. The first-order valence-corrected chi connectivity index (χ1v) is 9.50. The van der Waals surface area contributed by atoms with E-state index in [1.165, 1.54) is 0 Å². The number of ether oxygens (including phenoxy) is 3. The second kappa shape index (κ2) is 10.9. The van der Waals surface area contributed by atoms with Gasteiger partial charge in [0.15, 0.2) is 5.11 Å². The smallest absolute Gasteiger partial charge is 0.257 e. The lowest BCUT2D eigenvalue weighted by Gasteiger charge is -2.14. The molecular formula is C19H21BrN2O4S. The molecule has 2 rings (SSSR count). The molecule has 0 radical (unpaired) electrons. The van der Waals surface area contributed by atoms with Crippen LogP contribution >= 0.6 is 28.1 Å². The van der Waals surface area contributed by atoms with Crippen LogP contribution in [0.5, 0.6) is 11.5 Å². The van der Waals surface area contributed by atoms with Crippen molar-refractivity contribution in [2.75, 3.05) is 32.2 Å². The molecule has 0 aliphatic carbocycles. The summed E-state index contributed by atoms with van der Waals surface area (Å²) in [5.74, 6) is 0.942. The van der Waals surface area contributed by atoms with E-state index in [4.69, 9.17) is 26.4 Å². The van der Waals surface area contributed by atoms with Crippen molar-refractivity contribution in [3.05, 3.63) is 52.5 Å². The summed E-state index contributed by atoms with van der Waals surface area (Å²) < 4.78 is 16.8. The van der Waals surface area contributed by atoms with E-state index < -0.39 is 0 Å². The Balaban J connectivity index is 1.97. The van der Waals surface area contributed by atoms with E-state index in [0.29, 0.717) is 47.0 Å². The van der Waals surface area contributed by atoms with E-state index in [1.54, 1.807) is 25.3 Å². The van der Waals surface area contributed by atoms with Gasteiger partial charge >= 0.3 is 0 Å². The first-order valence-electron chi connectivity index (χ1n) is 8.30. The molecule has 6 nitrogen and oxygen atoms in total. The summed E-state index contributed by atoms with van der Waals surface area (Å²) >= 11 is 8.61. The summed E-state index contributed by atoms with van der Waals surface area (Å²) in [6.07, 6.45) is 0. The molecule has 1 amide bonds. The van der Waals surface area contributed by atoms with Gasteiger partial charge in [0.05, 0.1) is 23.9 Å². The zero-order chi connectivity index (χ0) is 19.6. The summed E-state index contributed by atoms with van der Waals surface area (Å²) in [5, 5.41) is 5.81. The van der Waals surface area contributed by atoms with Crippen LogP contribution in [0.1, 0.15) is 17.3 Å². The van der Waals surface area contributed by atoms with Crippen molar-refractivity contribution in [3.63, 3.8) is 0 Å². The molecule has 0 aliphatic heterocycles. The van der Waals surface area contributed by atoms with E-state index >= 15 is 0 Å². The number of anilines is 1. The van der Waals surface area contributed by atoms with Crippen LogP contribution in [0.15, 0.2) is 46.9 Å². The number of para-hydroxylation sites is 2. The number of rotatable bonds is 8. The highest BCUT2D eigenvalue weighted by Crippen LogP contribution is 2.26. The number of methoxy groups -OCH3 is 1. The Bertz CT molecular complexity index is 801. The van der Waals surface area contributed by atoms with Crippen molar-refractivity contribution < 1.29 is 19.0 Å². The second-order valence-corrected chi connectivity index (χ2v) is 6.56. The average molecular weight is 453 g/mol. The normalized spacial score (nSPS) is 10.2. The number of hydrogen-bond donors (Lipinski definition) is 2. The molecule has 0 saturated carbocycles. The lowest BCUT2D eigenvalue weighted by atomic mass is 10.2. The number of hydrogen-bond acceptors (Lipinski definition) is 5. The van der Waals surface area contributed by atoms with E-state index in [9.17, 15) is 4.79 Å². The summed E-state index contributed by atoms with van der Waals surface area (Å²) in [6, 6.07) is 12.4. The Morgan fingerprint density at radius 2 is 1.93 bits per heavy atom. The zero-order valence-corrected chi connectivity index (χ0v) is 17.5. The maximum absolute atomic E-state index is 12.4. The standard InChI is InChI=1S/C19H21BrN2O4S/c1-3-25-10-11-26-17-7-5-4-6-15(17)21-19(27)22-18(23)13-8-9-16(24-2)14(20)12-13/h4-9,12H,3,10-11H2,1-2H3,(H2,21,22,23,27). The molecular weight excluding hydrogens is 432 g/mol. The van der Waals surface area contributed by atoms with Crippen molar-refractivity contribution in [3.8, 4) is 11.5 Å². The van der Waals surface area contributed by atoms with Crippen molar-refractivity contribution in [1.29, 1.82) is 0 Å². The van der Waals surface area contributed by atoms with Gasteiger partial charge in [0.1, 0.15) is 18.1 Å². The fourth-order valence-corrected chi connectivity index (χ4v) is 2.93. The summed E-state index contributed by atoms with van der Waals surface area (Å²) in [7, 11) is 1.56. The number of benzene rings is 2. The molecule has 0 spiro atoms. The monoisotopic (exact) mass is 452 g/mol. The molecule has 144 valence electrons. The third-order valence-electron chi connectivity index (χ3n) is 3.47. The number of halogens is 1. The molecule has 27 heavy (non-hydrogen) atoms. The van der Waals surface area contributed by atoms with E-state index in [2.05, 4.69) is 26.6 Å². The zero-order valence-electron chi connectivity index (χ0n) is 15.1. The molecule has 0 saturated heterocycles. The van der Waals surface area contributed by atoms with Gasteiger partial charge in [0, 0.05) is 12.2 Å². The van der Waals surface area contributed by atoms with Crippen molar-refractivity contribution in [2.45, 2.75) is 6.92 Å². The van der Waals surface area contributed by atoms with Gasteiger partial charge in [0.25, 0.3) is 5.91 Å². The van der Waals surface area contributed by atoms with Crippen LogP contribution in [0.3, 0.4) is 0 Å². The van der Waals surface area contributed by atoms with E-state index in [1.807, 2.05) is 31.2 Å². The molecule has 0 bridgehead atoms. The molecule has 0 heterocycles. The van der Waals surface area contributed by atoms with Crippen LogP contribution in [0.4, 0.5) is 5.69 Å². The fraction of sp³-hybridized carbons (Fsp3) is 0.263. The van der Waals surface area contributed by atoms with Crippen molar-refractivity contribution in [1.82, 2.24) is 5.32 Å². The molecule has 0 unspecified atom stereocenters. The summed E-state index contributed by atoms with van der Waals surface area (Å²) in [4.78, 5) is 12.4. The third kappa shape index (κ3) is 6.50. The van der Waals surface area contributed by atoms with Gasteiger partial charge in [-0.05, 0) is 65.4 Å². The molecule has 2 N–H and O–H groups in total. The highest BCUT2D eigenvalue weighted by atomic mass is 79.9. The number of nitrogens with one attached hydrogen (secondary N) is 2. The van der Waals surface area contributed by atoms with Crippen LogP contribution in [0, 0.1) is 0 Å². The van der Waals surface area contributed by atoms with Gasteiger partial charge in [-0.15, -0.1) is 0 Å². The SMILES string of the molecule is CCOCCOc1ccccc1NC(=S)NC(=O)c1ccc(OC)c(Br)c1. The molecule has 2 aromatic carbocycles. The fourth-order valence-electron chi connectivity index (χ4n) is 2.19. The quantitative estimate of drug-likeness (QED) is 0.465. The van der Waals surface area contributed by atoms with Gasteiger partial charge < -0.3 is 19.5 Å². The van der Waals surface area contributed by atoms with E-state index in [0.717, 1.165) is 0 Å². The first-order chi connectivity index (χ1) is 13.0. The van der Waals surface area contributed by atoms with Gasteiger partial charge in [-0.1, -0.05) is 12.1 Å². The maximum Gasteiger partial charge on any atom is 0.257 e. The second-order valence-electron chi connectivity index (χ2n) is 5.30. The first kappa shape index (κ1) is 21.1. The lowest BCUT2D eigenvalue weighted by molar-refractivity contribution is 0.0977. The number of carbonyl (C=O) groups excluding carboxylic acids is 1. The summed E-state index contributed by atoms with van der Waals surface area (Å²) in [6.45, 7) is 3.49. The van der Waals surface area contributed by atoms with Crippen LogP contribution in [0.2, 0.25) is 0 Å². The highest BCUT2D eigenvalue weighted by molar-refractivity contribution is 9.10. The molecule has 0 aliphatic rings. The molecule has 2 aromatic rings. The Hall–Kier alpha value is -2.16. The predicted molar refractivity (Wildman–Crippen MR) is 113 cm³/mol. The molecule has 0 aromatic heterocycles. The minimum Gasteiger partial charge on any atom is -0.496 e. The van der Waals surface area contributed by atoms with Crippen LogP contribution in [-0.2, 0) is 4.74 Å². The minimum atomic E-state index is -0.328.